The summed E-state index contributed by atoms with van der Waals surface area (Å²) < 4.78 is 0. The van der Waals surface area contributed by atoms with E-state index in [-0.39, 0.29) is 12.5 Å². The summed E-state index contributed by atoms with van der Waals surface area (Å²) in [5.41, 5.74) is 2.26. The Bertz CT molecular complexity index is 373. The Balaban J connectivity index is 1.92. The fourth-order valence-corrected chi connectivity index (χ4v) is 2.90. The molecule has 2 fully saturated rings. The molecule has 0 aromatic heterocycles. The topological polar surface area (TPSA) is 40.5 Å². The standard InChI is InChI=1S/C17H28O2/c1-4-17(9-10-17)8-7-12(2)13(3)15(11-18)16(19)14-5-6-14/h12,14,18-19H,3-11H2,1-2H3/b16-15-. The second kappa shape index (κ2) is 5.70. The van der Waals surface area contributed by atoms with Gasteiger partial charge in [0.15, 0.2) is 0 Å². The summed E-state index contributed by atoms with van der Waals surface area (Å²) in [6, 6.07) is 0. The first kappa shape index (κ1) is 14.6. The van der Waals surface area contributed by atoms with Crippen LogP contribution in [0.5, 0.6) is 0 Å². The number of rotatable bonds is 8. The van der Waals surface area contributed by atoms with Crippen LogP contribution in [-0.2, 0) is 0 Å². The Hall–Kier alpha value is -0.760. The molecule has 108 valence electrons. The molecule has 0 heterocycles. The molecule has 0 bridgehead atoms. The molecular weight excluding hydrogens is 236 g/mol. The van der Waals surface area contributed by atoms with Crippen molar-refractivity contribution in [3.63, 3.8) is 0 Å². The lowest BCUT2D eigenvalue weighted by atomic mass is 9.86. The van der Waals surface area contributed by atoms with Gasteiger partial charge in [0.1, 0.15) is 5.76 Å². The van der Waals surface area contributed by atoms with Crippen LogP contribution in [0.25, 0.3) is 0 Å². The van der Waals surface area contributed by atoms with Crippen LogP contribution in [-0.4, -0.2) is 16.8 Å². The molecule has 2 saturated carbocycles. The molecule has 1 atom stereocenters. The van der Waals surface area contributed by atoms with Gasteiger partial charge < -0.3 is 10.2 Å². The van der Waals surface area contributed by atoms with Crippen LogP contribution < -0.4 is 0 Å². The highest BCUT2D eigenvalue weighted by atomic mass is 16.3. The molecule has 2 heteroatoms. The highest BCUT2D eigenvalue weighted by Gasteiger charge is 2.40. The van der Waals surface area contributed by atoms with Crippen molar-refractivity contribution < 1.29 is 10.2 Å². The normalized spacial score (nSPS) is 23.7. The number of aliphatic hydroxyl groups is 2. The number of allylic oxidation sites excluding steroid dienone is 1. The summed E-state index contributed by atoms with van der Waals surface area (Å²) in [6.07, 6.45) is 8.51. The van der Waals surface area contributed by atoms with E-state index in [2.05, 4.69) is 20.4 Å². The van der Waals surface area contributed by atoms with Crippen LogP contribution >= 0.6 is 0 Å². The molecule has 2 rings (SSSR count). The monoisotopic (exact) mass is 264 g/mol. The van der Waals surface area contributed by atoms with Gasteiger partial charge in [-0.05, 0) is 55.4 Å². The van der Waals surface area contributed by atoms with Gasteiger partial charge in [-0.25, -0.2) is 0 Å². The molecule has 2 nitrogen and oxygen atoms in total. The van der Waals surface area contributed by atoms with Crippen molar-refractivity contribution in [3.8, 4) is 0 Å². The van der Waals surface area contributed by atoms with Gasteiger partial charge in [-0.3, -0.25) is 0 Å². The molecule has 1 unspecified atom stereocenters. The zero-order valence-corrected chi connectivity index (χ0v) is 12.4. The van der Waals surface area contributed by atoms with E-state index in [0.717, 1.165) is 24.8 Å². The van der Waals surface area contributed by atoms with E-state index < -0.39 is 0 Å². The molecule has 19 heavy (non-hydrogen) atoms. The first-order valence-electron chi connectivity index (χ1n) is 7.75. The molecular formula is C17H28O2. The molecule has 0 amide bonds. The third-order valence-electron chi connectivity index (χ3n) is 5.23. The van der Waals surface area contributed by atoms with E-state index in [1.54, 1.807) is 0 Å². The average Bonchev–Trinajstić information content (AvgIpc) is 3.30. The number of hydrogen-bond donors (Lipinski definition) is 2. The highest BCUT2D eigenvalue weighted by Crippen LogP contribution is 2.53. The molecule has 0 aromatic rings. The number of aliphatic hydroxyl groups excluding tert-OH is 2. The van der Waals surface area contributed by atoms with Crippen LogP contribution in [0.1, 0.15) is 58.8 Å². The van der Waals surface area contributed by atoms with Gasteiger partial charge in [0.25, 0.3) is 0 Å². The van der Waals surface area contributed by atoms with Gasteiger partial charge in [-0.15, -0.1) is 0 Å². The Kier molecular flexibility index (Phi) is 4.39. The zero-order valence-electron chi connectivity index (χ0n) is 12.4. The predicted octanol–water partition coefficient (Wildman–Crippen LogP) is 4.36. The fraction of sp³-hybridized carbons (Fsp3) is 0.765. The lowest BCUT2D eigenvalue weighted by Crippen LogP contribution is -2.10. The summed E-state index contributed by atoms with van der Waals surface area (Å²) in [5.74, 6) is 1.04. The van der Waals surface area contributed by atoms with E-state index in [1.165, 1.54) is 25.7 Å². The third-order valence-corrected chi connectivity index (χ3v) is 5.23. The van der Waals surface area contributed by atoms with E-state index >= 15 is 0 Å². The van der Waals surface area contributed by atoms with E-state index in [1.807, 2.05) is 0 Å². The molecule has 0 radical (unpaired) electrons. The average molecular weight is 264 g/mol. The van der Waals surface area contributed by atoms with Crippen molar-refractivity contribution in [2.45, 2.75) is 58.8 Å². The first-order chi connectivity index (χ1) is 9.03. The van der Waals surface area contributed by atoms with Crippen LogP contribution in [0.3, 0.4) is 0 Å². The van der Waals surface area contributed by atoms with E-state index in [0.29, 0.717) is 22.7 Å². The summed E-state index contributed by atoms with van der Waals surface area (Å²) in [7, 11) is 0. The minimum Gasteiger partial charge on any atom is -0.512 e. The lowest BCUT2D eigenvalue weighted by Gasteiger charge is -2.20. The Morgan fingerprint density at radius 1 is 1.37 bits per heavy atom. The van der Waals surface area contributed by atoms with Gasteiger partial charge in [0, 0.05) is 11.5 Å². The van der Waals surface area contributed by atoms with Gasteiger partial charge in [-0.2, -0.15) is 0 Å². The quantitative estimate of drug-likeness (QED) is 0.505. The van der Waals surface area contributed by atoms with Crippen molar-refractivity contribution >= 4 is 0 Å². The predicted molar refractivity (Wildman–Crippen MR) is 79.0 cm³/mol. The Morgan fingerprint density at radius 3 is 2.42 bits per heavy atom. The maximum absolute atomic E-state index is 10.1. The van der Waals surface area contributed by atoms with Crippen molar-refractivity contribution in [1.29, 1.82) is 0 Å². The van der Waals surface area contributed by atoms with Crippen LogP contribution in [0, 0.1) is 17.3 Å². The minimum atomic E-state index is -0.0789. The van der Waals surface area contributed by atoms with Crippen LogP contribution in [0.4, 0.5) is 0 Å². The van der Waals surface area contributed by atoms with Crippen molar-refractivity contribution in [2.24, 2.45) is 17.3 Å². The van der Waals surface area contributed by atoms with Gasteiger partial charge in [0.05, 0.1) is 6.61 Å². The van der Waals surface area contributed by atoms with Crippen molar-refractivity contribution in [1.82, 2.24) is 0 Å². The lowest BCUT2D eigenvalue weighted by molar-refractivity contribution is 0.304. The molecule has 0 aromatic carbocycles. The maximum atomic E-state index is 10.1. The summed E-state index contributed by atoms with van der Waals surface area (Å²) >= 11 is 0. The zero-order chi connectivity index (χ0) is 14.0. The second-order valence-electron chi connectivity index (χ2n) is 6.61. The van der Waals surface area contributed by atoms with Gasteiger partial charge in [-0.1, -0.05) is 26.8 Å². The minimum absolute atomic E-state index is 0.0789. The highest BCUT2D eigenvalue weighted by molar-refractivity contribution is 5.34. The molecule has 2 aliphatic rings. The third kappa shape index (κ3) is 3.42. The summed E-state index contributed by atoms with van der Waals surface area (Å²) in [6.45, 7) is 8.50. The molecule has 2 N–H and O–H groups in total. The molecule has 2 aliphatic carbocycles. The molecule has 0 aliphatic heterocycles. The molecule has 0 saturated heterocycles. The Labute approximate surface area is 117 Å². The Morgan fingerprint density at radius 2 is 2.00 bits per heavy atom. The van der Waals surface area contributed by atoms with E-state index in [9.17, 15) is 10.2 Å². The summed E-state index contributed by atoms with van der Waals surface area (Å²) in [5, 5.41) is 19.6. The summed E-state index contributed by atoms with van der Waals surface area (Å²) in [4.78, 5) is 0. The molecule has 0 spiro atoms. The second-order valence-corrected chi connectivity index (χ2v) is 6.61. The van der Waals surface area contributed by atoms with Gasteiger partial charge in [0.2, 0.25) is 0 Å². The van der Waals surface area contributed by atoms with Crippen LogP contribution in [0.2, 0.25) is 0 Å². The van der Waals surface area contributed by atoms with Crippen molar-refractivity contribution in [3.05, 3.63) is 23.5 Å². The van der Waals surface area contributed by atoms with Crippen LogP contribution in [0.15, 0.2) is 23.5 Å². The number of hydrogen-bond acceptors (Lipinski definition) is 2. The largest absolute Gasteiger partial charge is 0.512 e. The smallest absolute Gasteiger partial charge is 0.101 e. The van der Waals surface area contributed by atoms with Crippen molar-refractivity contribution in [2.75, 3.05) is 6.61 Å². The van der Waals surface area contributed by atoms with E-state index in [4.69, 9.17) is 0 Å². The van der Waals surface area contributed by atoms with Gasteiger partial charge >= 0.3 is 0 Å². The SMILES string of the molecule is C=C(/C(CO)=C(\O)C1CC1)C(C)CCC1(CC)CC1. The fourth-order valence-electron chi connectivity index (χ4n) is 2.90. The maximum Gasteiger partial charge on any atom is 0.101 e. The first-order valence-corrected chi connectivity index (χ1v) is 7.75.